The molecule has 20 heavy (non-hydrogen) atoms. The molecule has 2 rings (SSSR count). The van der Waals surface area contributed by atoms with Gasteiger partial charge in [-0.25, -0.2) is 4.98 Å². The van der Waals surface area contributed by atoms with E-state index in [1.165, 1.54) is 7.11 Å². The van der Waals surface area contributed by atoms with Gasteiger partial charge in [0, 0.05) is 39.0 Å². The van der Waals surface area contributed by atoms with E-state index in [0.717, 1.165) is 12.7 Å². The summed E-state index contributed by atoms with van der Waals surface area (Å²) in [7, 11) is 2.62. The van der Waals surface area contributed by atoms with Gasteiger partial charge in [0.2, 0.25) is 5.88 Å². The Morgan fingerprint density at radius 1 is 1.40 bits per heavy atom. The van der Waals surface area contributed by atoms with Crippen molar-refractivity contribution in [3.63, 3.8) is 0 Å². The molecule has 1 aromatic rings. The fraction of sp³-hybridized carbons (Fsp3) is 0.615. The number of hydrogen-bond donors (Lipinski definition) is 0. The zero-order valence-corrected chi connectivity index (χ0v) is 11.4. The van der Waals surface area contributed by atoms with Gasteiger partial charge in [0.25, 0.3) is 0 Å². The number of rotatable bonds is 4. The lowest BCUT2D eigenvalue weighted by Gasteiger charge is -2.30. The van der Waals surface area contributed by atoms with Gasteiger partial charge in [0.05, 0.1) is 7.11 Å². The minimum absolute atomic E-state index is 0.0464. The van der Waals surface area contributed by atoms with Crippen LogP contribution < -0.4 is 4.74 Å². The van der Waals surface area contributed by atoms with E-state index in [4.69, 9.17) is 9.47 Å². The number of halogens is 3. The molecule has 0 spiro atoms. The van der Waals surface area contributed by atoms with Gasteiger partial charge in [-0.3, -0.25) is 4.90 Å². The molecule has 1 atom stereocenters. The second-order valence-corrected chi connectivity index (χ2v) is 4.86. The van der Waals surface area contributed by atoms with Crippen LogP contribution in [0.15, 0.2) is 18.3 Å². The summed E-state index contributed by atoms with van der Waals surface area (Å²) in [6, 6.07) is 3.49. The van der Waals surface area contributed by atoms with Gasteiger partial charge in [-0.15, -0.1) is 0 Å². The van der Waals surface area contributed by atoms with Crippen LogP contribution in [0.25, 0.3) is 0 Å². The van der Waals surface area contributed by atoms with Gasteiger partial charge in [-0.2, -0.15) is 13.2 Å². The Kier molecular flexibility index (Phi) is 4.19. The maximum atomic E-state index is 13.1. The lowest BCUT2D eigenvalue weighted by Crippen LogP contribution is -2.49. The molecular weight excluding hydrogens is 273 g/mol. The van der Waals surface area contributed by atoms with Crippen molar-refractivity contribution in [1.82, 2.24) is 9.88 Å². The summed E-state index contributed by atoms with van der Waals surface area (Å²) in [5, 5.41) is 0. The average Bonchev–Trinajstić information content (AvgIpc) is 2.83. The van der Waals surface area contributed by atoms with E-state index in [9.17, 15) is 13.2 Å². The van der Waals surface area contributed by atoms with Crippen molar-refractivity contribution >= 4 is 0 Å². The molecule has 1 aromatic heterocycles. The van der Waals surface area contributed by atoms with E-state index in [0.29, 0.717) is 19.0 Å². The normalized spacial score (nSPS) is 24.1. The third kappa shape index (κ3) is 2.88. The largest absolute Gasteiger partial charge is 0.481 e. The molecule has 2 heterocycles. The van der Waals surface area contributed by atoms with Crippen LogP contribution in [0.5, 0.6) is 5.88 Å². The first-order chi connectivity index (χ1) is 9.40. The van der Waals surface area contributed by atoms with E-state index in [-0.39, 0.29) is 13.0 Å². The highest BCUT2D eigenvalue weighted by atomic mass is 19.4. The summed E-state index contributed by atoms with van der Waals surface area (Å²) >= 11 is 0. The molecule has 0 aliphatic carbocycles. The average molecular weight is 290 g/mol. The van der Waals surface area contributed by atoms with Crippen molar-refractivity contribution in [2.24, 2.45) is 0 Å². The van der Waals surface area contributed by atoms with Crippen molar-refractivity contribution in [2.45, 2.75) is 24.7 Å². The van der Waals surface area contributed by atoms with E-state index in [1.807, 2.05) is 0 Å². The van der Waals surface area contributed by atoms with Crippen LogP contribution in [-0.4, -0.2) is 49.0 Å². The van der Waals surface area contributed by atoms with Crippen LogP contribution in [0.3, 0.4) is 0 Å². The SMILES string of the molecule is COc1cc(CN2CCC(OC)(C(F)(F)F)C2)ccn1. The zero-order valence-electron chi connectivity index (χ0n) is 11.4. The first-order valence-corrected chi connectivity index (χ1v) is 6.23. The van der Waals surface area contributed by atoms with Crippen molar-refractivity contribution in [2.75, 3.05) is 27.3 Å². The van der Waals surface area contributed by atoms with E-state index < -0.39 is 11.8 Å². The summed E-state index contributed by atoms with van der Waals surface area (Å²) in [4.78, 5) is 5.70. The minimum Gasteiger partial charge on any atom is -0.481 e. The van der Waals surface area contributed by atoms with Gasteiger partial charge in [-0.05, 0) is 18.1 Å². The van der Waals surface area contributed by atoms with Crippen molar-refractivity contribution in [3.8, 4) is 5.88 Å². The molecule has 7 heteroatoms. The Balaban J connectivity index is 2.06. The van der Waals surface area contributed by atoms with Crippen molar-refractivity contribution in [3.05, 3.63) is 23.9 Å². The topological polar surface area (TPSA) is 34.6 Å². The van der Waals surface area contributed by atoms with Gasteiger partial charge in [0.15, 0.2) is 5.60 Å². The Morgan fingerprint density at radius 2 is 2.15 bits per heavy atom. The number of aromatic nitrogens is 1. The summed E-state index contributed by atoms with van der Waals surface area (Å²) < 4.78 is 49.0. The number of nitrogens with zero attached hydrogens (tertiary/aromatic N) is 2. The Hall–Kier alpha value is -1.34. The highest BCUT2D eigenvalue weighted by Crippen LogP contribution is 2.40. The number of pyridine rings is 1. The standard InChI is InChI=1S/C13H17F3N2O2/c1-19-11-7-10(3-5-17-11)8-18-6-4-12(9-18,20-2)13(14,15)16/h3,5,7H,4,6,8-9H2,1-2H3. The van der Waals surface area contributed by atoms with Gasteiger partial charge >= 0.3 is 6.18 Å². The quantitative estimate of drug-likeness (QED) is 0.852. The molecule has 0 bridgehead atoms. The predicted molar refractivity (Wildman–Crippen MR) is 66.5 cm³/mol. The second-order valence-electron chi connectivity index (χ2n) is 4.86. The third-order valence-electron chi connectivity index (χ3n) is 3.63. The molecule has 112 valence electrons. The molecule has 0 aromatic carbocycles. The molecule has 4 nitrogen and oxygen atoms in total. The Labute approximate surface area is 115 Å². The summed E-state index contributed by atoms with van der Waals surface area (Å²) in [5.74, 6) is 0.454. The fourth-order valence-electron chi connectivity index (χ4n) is 2.43. The second kappa shape index (κ2) is 5.57. The first-order valence-electron chi connectivity index (χ1n) is 6.23. The summed E-state index contributed by atoms with van der Waals surface area (Å²) in [6.45, 7) is 0.607. The number of likely N-dealkylation sites (tertiary alicyclic amines) is 1. The van der Waals surface area contributed by atoms with Crippen molar-refractivity contribution < 1.29 is 22.6 Å². The predicted octanol–water partition coefficient (Wildman–Crippen LogP) is 2.24. The van der Waals surface area contributed by atoms with E-state index in [2.05, 4.69) is 4.98 Å². The Morgan fingerprint density at radius 3 is 2.70 bits per heavy atom. The highest BCUT2D eigenvalue weighted by molar-refractivity contribution is 5.20. The third-order valence-corrected chi connectivity index (χ3v) is 3.63. The molecule has 0 radical (unpaired) electrons. The minimum atomic E-state index is -4.35. The van der Waals surface area contributed by atoms with Crippen LogP contribution in [0.4, 0.5) is 13.2 Å². The number of ether oxygens (including phenoxy) is 2. The summed E-state index contributed by atoms with van der Waals surface area (Å²) in [5.41, 5.74) is -1.18. The maximum absolute atomic E-state index is 13.1. The first kappa shape index (κ1) is 15.1. The van der Waals surface area contributed by atoms with Gasteiger partial charge < -0.3 is 9.47 Å². The molecule has 1 aliphatic rings. The zero-order chi connectivity index (χ0) is 14.8. The van der Waals surface area contributed by atoms with Crippen LogP contribution in [0, 0.1) is 0 Å². The monoisotopic (exact) mass is 290 g/mol. The van der Waals surface area contributed by atoms with Crippen LogP contribution >= 0.6 is 0 Å². The van der Waals surface area contributed by atoms with Crippen LogP contribution in [0.1, 0.15) is 12.0 Å². The van der Waals surface area contributed by atoms with Gasteiger partial charge in [-0.1, -0.05) is 0 Å². The fourth-order valence-corrected chi connectivity index (χ4v) is 2.43. The number of alkyl halides is 3. The smallest absolute Gasteiger partial charge is 0.418 e. The lowest BCUT2D eigenvalue weighted by molar-refractivity contribution is -0.264. The highest BCUT2D eigenvalue weighted by Gasteiger charge is 2.58. The summed E-state index contributed by atoms with van der Waals surface area (Å²) in [6.07, 6.45) is -2.82. The van der Waals surface area contributed by atoms with Crippen LogP contribution in [-0.2, 0) is 11.3 Å². The molecule has 0 saturated carbocycles. The van der Waals surface area contributed by atoms with E-state index >= 15 is 0 Å². The molecule has 0 N–H and O–H groups in total. The molecule has 1 fully saturated rings. The molecule has 1 aliphatic heterocycles. The molecule has 0 amide bonds. The number of methoxy groups -OCH3 is 2. The van der Waals surface area contributed by atoms with E-state index in [1.54, 1.807) is 23.2 Å². The molecular formula is C13H17F3N2O2. The lowest BCUT2D eigenvalue weighted by atomic mass is 10.0. The maximum Gasteiger partial charge on any atom is 0.418 e. The van der Waals surface area contributed by atoms with Crippen molar-refractivity contribution in [1.29, 1.82) is 0 Å². The van der Waals surface area contributed by atoms with Crippen LogP contribution in [0.2, 0.25) is 0 Å². The molecule has 1 unspecified atom stereocenters. The Bertz CT molecular complexity index is 467. The number of hydrogen-bond acceptors (Lipinski definition) is 4. The van der Waals surface area contributed by atoms with Gasteiger partial charge in [0.1, 0.15) is 0 Å². The molecule has 1 saturated heterocycles.